The number of hydrogen-bond donors (Lipinski definition) is 1. The Balaban J connectivity index is 1.84. The molecule has 3 aromatic rings. The van der Waals surface area contributed by atoms with Gasteiger partial charge in [0.25, 0.3) is 11.7 Å². The molecule has 1 fully saturated rings. The molecule has 0 bridgehead atoms. The van der Waals surface area contributed by atoms with Crippen LogP contribution in [0.15, 0.2) is 72.3 Å². The fourth-order valence-electron chi connectivity index (χ4n) is 4.62. The van der Waals surface area contributed by atoms with Crippen LogP contribution >= 0.6 is 11.6 Å². The highest BCUT2D eigenvalue weighted by molar-refractivity contribution is 6.46. The van der Waals surface area contributed by atoms with Gasteiger partial charge in [0.2, 0.25) is 0 Å². The molecular formula is C31H32ClNO5. The van der Waals surface area contributed by atoms with Gasteiger partial charge in [-0.3, -0.25) is 9.59 Å². The van der Waals surface area contributed by atoms with Crippen molar-refractivity contribution in [3.8, 4) is 11.5 Å². The molecule has 4 rings (SSSR count). The Labute approximate surface area is 228 Å². The second-order valence-corrected chi connectivity index (χ2v) is 10.6. The van der Waals surface area contributed by atoms with Crippen LogP contribution in [-0.2, 0) is 21.5 Å². The van der Waals surface area contributed by atoms with Crippen molar-refractivity contribution in [1.82, 2.24) is 4.90 Å². The lowest BCUT2D eigenvalue weighted by Gasteiger charge is -2.27. The van der Waals surface area contributed by atoms with Crippen molar-refractivity contribution in [2.75, 3.05) is 13.7 Å². The molecule has 0 aromatic heterocycles. The molecule has 1 saturated heterocycles. The smallest absolute Gasteiger partial charge is 0.295 e. The Kier molecular flexibility index (Phi) is 7.83. The number of carbonyl (C=O) groups excluding carboxylic acids is 2. The Morgan fingerprint density at radius 1 is 1.03 bits per heavy atom. The summed E-state index contributed by atoms with van der Waals surface area (Å²) in [6.07, 6.45) is 0. The fraction of sp³-hybridized carbons (Fsp3) is 0.290. The second-order valence-electron chi connectivity index (χ2n) is 10.2. The van der Waals surface area contributed by atoms with Crippen molar-refractivity contribution in [2.45, 2.75) is 45.7 Å². The number of hydrogen-bond acceptors (Lipinski definition) is 5. The zero-order valence-corrected chi connectivity index (χ0v) is 23.0. The Bertz CT molecular complexity index is 1390. The summed E-state index contributed by atoms with van der Waals surface area (Å²) in [6.45, 7) is 8.93. The lowest BCUT2D eigenvalue weighted by atomic mass is 9.85. The molecule has 0 spiro atoms. The largest absolute Gasteiger partial charge is 0.507 e. The summed E-state index contributed by atoms with van der Waals surface area (Å²) < 4.78 is 10.8. The number of Topliss-reactive ketones (excluding diaryl/α,β-unsaturated/α-hetero) is 1. The maximum Gasteiger partial charge on any atom is 0.295 e. The summed E-state index contributed by atoms with van der Waals surface area (Å²) >= 11 is 6.30. The number of benzene rings is 3. The highest BCUT2D eigenvalue weighted by atomic mass is 35.5. The van der Waals surface area contributed by atoms with Crippen molar-refractivity contribution >= 4 is 29.1 Å². The summed E-state index contributed by atoms with van der Waals surface area (Å²) in [5.41, 5.74) is 2.91. The maximum absolute atomic E-state index is 13.4. The molecule has 198 valence electrons. The van der Waals surface area contributed by atoms with Gasteiger partial charge in [-0.2, -0.15) is 0 Å². The minimum Gasteiger partial charge on any atom is -0.507 e. The van der Waals surface area contributed by atoms with Gasteiger partial charge in [0.1, 0.15) is 17.3 Å². The van der Waals surface area contributed by atoms with E-state index in [-0.39, 0.29) is 28.3 Å². The molecule has 1 heterocycles. The standard InChI is InChI=1S/C31H32ClNO5/c1-6-38-23-9-7-8-19(16-23)18-33-27(20-10-13-22(14-11-20)31(2,3)4)26(29(35)30(33)36)28(34)21-12-15-25(37-5)24(32)17-21/h7-17,27,34H,6,18H2,1-5H3/b28-26-. The lowest BCUT2D eigenvalue weighted by molar-refractivity contribution is -0.140. The monoisotopic (exact) mass is 533 g/mol. The highest BCUT2D eigenvalue weighted by Gasteiger charge is 2.46. The van der Waals surface area contributed by atoms with E-state index in [1.165, 1.54) is 18.1 Å². The molecule has 7 heteroatoms. The number of methoxy groups -OCH3 is 1. The number of aliphatic hydroxyl groups is 1. The molecule has 1 unspecified atom stereocenters. The van der Waals surface area contributed by atoms with Crippen molar-refractivity contribution < 1.29 is 24.2 Å². The highest BCUT2D eigenvalue weighted by Crippen LogP contribution is 2.41. The quantitative estimate of drug-likeness (QED) is 0.208. The summed E-state index contributed by atoms with van der Waals surface area (Å²) in [7, 11) is 1.49. The minimum absolute atomic E-state index is 0.0145. The number of carbonyl (C=O) groups is 2. The first kappa shape index (κ1) is 27.3. The van der Waals surface area contributed by atoms with Gasteiger partial charge < -0.3 is 19.5 Å². The summed E-state index contributed by atoms with van der Waals surface area (Å²) in [5.74, 6) is -0.603. The Morgan fingerprint density at radius 2 is 1.74 bits per heavy atom. The molecule has 3 aromatic carbocycles. The molecule has 0 saturated carbocycles. The third-order valence-corrected chi connectivity index (χ3v) is 6.92. The number of halogens is 1. The SMILES string of the molecule is CCOc1cccc(CN2C(=O)C(=O)/C(=C(\O)c3ccc(OC)c(Cl)c3)C2c2ccc(C(C)(C)C)cc2)c1. The van der Waals surface area contributed by atoms with Gasteiger partial charge >= 0.3 is 0 Å². The zero-order chi connectivity index (χ0) is 27.6. The average Bonchev–Trinajstić information content (AvgIpc) is 3.13. The Morgan fingerprint density at radius 3 is 2.34 bits per heavy atom. The van der Waals surface area contributed by atoms with Crippen LogP contribution < -0.4 is 9.47 Å². The maximum atomic E-state index is 13.4. The molecule has 1 aliphatic heterocycles. The fourth-order valence-corrected chi connectivity index (χ4v) is 4.88. The van der Waals surface area contributed by atoms with Crippen molar-refractivity contribution in [1.29, 1.82) is 0 Å². The molecule has 0 aliphatic carbocycles. The number of ketones is 1. The van der Waals surface area contributed by atoms with E-state index in [2.05, 4.69) is 20.8 Å². The molecular weight excluding hydrogens is 502 g/mol. The van der Waals surface area contributed by atoms with Crippen molar-refractivity contribution in [3.05, 3.63) is 99.6 Å². The predicted molar refractivity (Wildman–Crippen MR) is 149 cm³/mol. The lowest BCUT2D eigenvalue weighted by Crippen LogP contribution is -2.29. The van der Waals surface area contributed by atoms with Crippen LogP contribution in [0.4, 0.5) is 0 Å². The first-order valence-electron chi connectivity index (χ1n) is 12.5. The topological polar surface area (TPSA) is 76.1 Å². The van der Waals surface area contributed by atoms with E-state index in [1.807, 2.05) is 55.5 Å². The van der Waals surface area contributed by atoms with Crippen LogP contribution in [0.2, 0.25) is 5.02 Å². The van der Waals surface area contributed by atoms with E-state index in [9.17, 15) is 14.7 Å². The van der Waals surface area contributed by atoms with E-state index in [0.717, 1.165) is 16.7 Å². The first-order valence-corrected chi connectivity index (χ1v) is 12.9. The minimum atomic E-state index is -0.791. The van der Waals surface area contributed by atoms with Crippen molar-refractivity contribution in [3.63, 3.8) is 0 Å². The van der Waals surface area contributed by atoms with Crippen LogP contribution in [0.25, 0.3) is 5.76 Å². The van der Waals surface area contributed by atoms with E-state index < -0.39 is 17.7 Å². The average molecular weight is 534 g/mol. The number of ether oxygens (including phenoxy) is 2. The van der Waals surface area contributed by atoms with Crippen LogP contribution in [0, 0.1) is 0 Å². The van der Waals surface area contributed by atoms with Gasteiger partial charge in [-0.05, 0) is 59.4 Å². The predicted octanol–water partition coefficient (Wildman–Crippen LogP) is 6.67. The summed E-state index contributed by atoms with van der Waals surface area (Å²) in [5, 5.41) is 11.7. The van der Waals surface area contributed by atoms with E-state index in [1.54, 1.807) is 12.1 Å². The van der Waals surface area contributed by atoms with E-state index in [0.29, 0.717) is 23.7 Å². The van der Waals surface area contributed by atoms with Gasteiger partial charge in [0, 0.05) is 12.1 Å². The van der Waals surface area contributed by atoms with Gasteiger partial charge in [0.15, 0.2) is 0 Å². The van der Waals surface area contributed by atoms with Crippen LogP contribution in [0.5, 0.6) is 11.5 Å². The molecule has 1 aliphatic rings. The van der Waals surface area contributed by atoms with Gasteiger partial charge in [-0.1, -0.05) is 68.8 Å². The molecule has 6 nitrogen and oxygen atoms in total. The van der Waals surface area contributed by atoms with Gasteiger partial charge in [-0.15, -0.1) is 0 Å². The van der Waals surface area contributed by atoms with Crippen LogP contribution in [-0.4, -0.2) is 35.4 Å². The van der Waals surface area contributed by atoms with Crippen molar-refractivity contribution in [2.24, 2.45) is 0 Å². The third kappa shape index (κ3) is 5.41. The number of likely N-dealkylation sites (tertiary alicyclic amines) is 1. The number of amides is 1. The van der Waals surface area contributed by atoms with E-state index in [4.69, 9.17) is 21.1 Å². The Hall–Kier alpha value is -3.77. The summed E-state index contributed by atoms with van der Waals surface area (Å²) in [6, 6.07) is 19.2. The summed E-state index contributed by atoms with van der Waals surface area (Å²) in [4.78, 5) is 28.3. The van der Waals surface area contributed by atoms with Gasteiger partial charge in [0.05, 0.1) is 30.4 Å². The van der Waals surface area contributed by atoms with Crippen LogP contribution in [0.3, 0.4) is 0 Å². The van der Waals surface area contributed by atoms with E-state index >= 15 is 0 Å². The molecule has 1 atom stereocenters. The molecule has 38 heavy (non-hydrogen) atoms. The zero-order valence-electron chi connectivity index (χ0n) is 22.2. The first-order chi connectivity index (χ1) is 18.0. The number of nitrogens with zero attached hydrogens (tertiary/aromatic N) is 1. The third-order valence-electron chi connectivity index (χ3n) is 6.62. The van der Waals surface area contributed by atoms with Gasteiger partial charge in [-0.25, -0.2) is 0 Å². The second kappa shape index (κ2) is 10.9. The molecule has 1 amide bonds. The molecule has 1 N–H and O–H groups in total. The van der Waals surface area contributed by atoms with Crippen LogP contribution in [0.1, 0.15) is 56.0 Å². The number of aliphatic hydroxyl groups excluding tert-OH is 1. The molecule has 0 radical (unpaired) electrons. The number of rotatable bonds is 7. The normalized spacial score (nSPS) is 17.1.